The Balaban J connectivity index is 1.71. The van der Waals surface area contributed by atoms with E-state index < -0.39 is 0 Å². The van der Waals surface area contributed by atoms with Crippen LogP contribution in [0.25, 0.3) is 0 Å². The highest BCUT2D eigenvalue weighted by Gasteiger charge is 2.17. The zero-order valence-corrected chi connectivity index (χ0v) is 12.8. The highest BCUT2D eigenvalue weighted by atomic mass is 79.9. The van der Waals surface area contributed by atoms with Gasteiger partial charge in [-0.05, 0) is 53.9 Å². The molecule has 1 aliphatic rings. The van der Waals surface area contributed by atoms with E-state index >= 15 is 0 Å². The van der Waals surface area contributed by atoms with E-state index in [9.17, 15) is 0 Å². The van der Waals surface area contributed by atoms with Gasteiger partial charge < -0.3 is 10.0 Å². The maximum atomic E-state index is 8.75. The second-order valence-electron chi connectivity index (χ2n) is 4.95. The van der Waals surface area contributed by atoms with Gasteiger partial charge in [-0.25, -0.2) is 4.98 Å². The molecule has 0 radical (unpaired) electrons. The van der Waals surface area contributed by atoms with E-state index in [1.165, 1.54) is 6.42 Å². The first-order valence-electron chi connectivity index (χ1n) is 6.99. The zero-order chi connectivity index (χ0) is 13.5. The Morgan fingerprint density at radius 3 is 2.53 bits per heavy atom. The van der Waals surface area contributed by atoms with Gasteiger partial charge in [-0.1, -0.05) is 0 Å². The monoisotopic (exact) mass is 327 g/mol. The lowest BCUT2D eigenvalue weighted by Crippen LogP contribution is -2.46. The van der Waals surface area contributed by atoms with Crippen LogP contribution in [-0.4, -0.2) is 54.3 Å². The molecule has 2 rings (SSSR count). The van der Waals surface area contributed by atoms with Crippen LogP contribution in [0.2, 0.25) is 0 Å². The van der Waals surface area contributed by atoms with Crippen LogP contribution < -0.4 is 4.90 Å². The smallest absolute Gasteiger partial charge is 0.128 e. The van der Waals surface area contributed by atoms with Crippen LogP contribution in [0.5, 0.6) is 0 Å². The van der Waals surface area contributed by atoms with Crippen LogP contribution in [-0.2, 0) is 0 Å². The van der Waals surface area contributed by atoms with Gasteiger partial charge in [0.05, 0.1) is 0 Å². The molecule has 2 heterocycles. The van der Waals surface area contributed by atoms with Crippen molar-refractivity contribution in [3.8, 4) is 0 Å². The molecule has 1 aliphatic heterocycles. The van der Waals surface area contributed by atoms with Gasteiger partial charge in [0.25, 0.3) is 0 Å². The summed E-state index contributed by atoms with van der Waals surface area (Å²) in [6.07, 6.45) is 5.11. The minimum Gasteiger partial charge on any atom is -0.396 e. The lowest BCUT2D eigenvalue weighted by atomic mass is 10.2. The van der Waals surface area contributed by atoms with Crippen molar-refractivity contribution in [3.05, 3.63) is 22.8 Å². The summed E-state index contributed by atoms with van der Waals surface area (Å²) in [6, 6.07) is 4.12. The van der Waals surface area contributed by atoms with Crippen LogP contribution in [0, 0.1) is 0 Å². The Bertz CT molecular complexity index is 363. The molecule has 5 heteroatoms. The second kappa shape index (κ2) is 7.82. The van der Waals surface area contributed by atoms with Gasteiger partial charge >= 0.3 is 0 Å². The molecule has 1 N–H and O–H groups in total. The van der Waals surface area contributed by atoms with Crippen molar-refractivity contribution in [2.75, 3.05) is 44.2 Å². The maximum absolute atomic E-state index is 8.75. The first-order valence-corrected chi connectivity index (χ1v) is 7.78. The predicted molar refractivity (Wildman–Crippen MR) is 81.5 cm³/mol. The summed E-state index contributed by atoms with van der Waals surface area (Å²) in [7, 11) is 0. The van der Waals surface area contributed by atoms with Gasteiger partial charge in [0.2, 0.25) is 0 Å². The molecule has 0 unspecified atom stereocenters. The number of pyridine rings is 1. The summed E-state index contributed by atoms with van der Waals surface area (Å²) in [5.74, 6) is 1.07. The normalized spacial score (nSPS) is 16.8. The molecule has 0 aliphatic carbocycles. The average molecular weight is 328 g/mol. The van der Waals surface area contributed by atoms with Crippen molar-refractivity contribution in [3.63, 3.8) is 0 Å². The third kappa shape index (κ3) is 4.75. The molecular weight excluding hydrogens is 306 g/mol. The predicted octanol–water partition coefficient (Wildman–Crippen LogP) is 2.13. The van der Waals surface area contributed by atoms with Crippen LogP contribution >= 0.6 is 15.9 Å². The van der Waals surface area contributed by atoms with Crippen LogP contribution in [0.4, 0.5) is 5.82 Å². The summed E-state index contributed by atoms with van der Waals surface area (Å²) in [4.78, 5) is 9.30. The lowest BCUT2D eigenvalue weighted by Gasteiger charge is -2.35. The molecule has 1 aromatic rings. The Morgan fingerprint density at radius 2 is 1.89 bits per heavy atom. The fraction of sp³-hybridized carbons (Fsp3) is 0.643. The topological polar surface area (TPSA) is 39.6 Å². The number of unbranched alkanes of at least 4 members (excludes halogenated alkanes) is 2. The number of aromatic nitrogens is 1. The summed E-state index contributed by atoms with van der Waals surface area (Å²) in [5.41, 5.74) is 0. The molecular formula is C14H22BrN3O. The molecule has 0 bridgehead atoms. The number of rotatable bonds is 6. The number of hydrogen-bond acceptors (Lipinski definition) is 4. The summed E-state index contributed by atoms with van der Waals surface area (Å²) < 4.78 is 1.03. The minimum absolute atomic E-state index is 0.322. The Morgan fingerprint density at radius 1 is 1.11 bits per heavy atom. The number of aliphatic hydroxyl groups is 1. The first-order chi connectivity index (χ1) is 9.29. The molecule has 0 amide bonds. The molecule has 0 atom stereocenters. The Kier molecular flexibility index (Phi) is 6.07. The van der Waals surface area contributed by atoms with Crippen LogP contribution in [0.15, 0.2) is 22.8 Å². The van der Waals surface area contributed by atoms with E-state index in [0.29, 0.717) is 6.61 Å². The molecule has 1 fully saturated rings. The van der Waals surface area contributed by atoms with Gasteiger partial charge in [0, 0.05) is 43.5 Å². The largest absolute Gasteiger partial charge is 0.396 e. The van der Waals surface area contributed by atoms with Crippen LogP contribution in [0.3, 0.4) is 0 Å². The molecule has 1 saturated heterocycles. The fourth-order valence-electron chi connectivity index (χ4n) is 2.38. The number of aliphatic hydroxyl groups excluding tert-OH is 1. The SMILES string of the molecule is OCCCCCN1CCN(c2ccc(Br)cn2)CC1. The quantitative estimate of drug-likeness (QED) is 0.812. The van der Waals surface area contributed by atoms with Gasteiger partial charge in [-0.3, -0.25) is 4.90 Å². The number of halogens is 1. The van der Waals surface area contributed by atoms with E-state index in [0.717, 1.165) is 55.9 Å². The number of hydrogen-bond donors (Lipinski definition) is 1. The van der Waals surface area contributed by atoms with Gasteiger partial charge in [-0.15, -0.1) is 0 Å². The Labute approximate surface area is 123 Å². The van der Waals surface area contributed by atoms with Crippen molar-refractivity contribution in [1.82, 2.24) is 9.88 Å². The molecule has 19 heavy (non-hydrogen) atoms. The fourth-order valence-corrected chi connectivity index (χ4v) is 2.61. The molecule has 4 nitrogen and oxygen atoms in total. The highest BCUT2D eigenvalue weighted by Crippen LogP contribution is 2.16. The van der Waals surface area contributed by atoms with Crippen molar-refractivity contribution >= 4 is 21.7 Å². The standard InChI is InChI=1S/C14H22BrN3O/c15-13-4-5-14(16-12-13)18-9-7-17(8-10-18)6-2-1-3-11-19/h4-5,12,19H,1-3,6-11H2. The van der Waals surface area contributed by atoms with Gasteiger partial charge in [0.1, 0.15) is 5.82 Å². The van der Waals surface area contributed by atoms with Crippen molar-refractivity contribution in [1.29, 1.82) is 0 Å². The molecule has 0 spiro atoms. The summed E-state index contributed by atoms with van der Waals surface area (Å²) >= 11 is 3.41. The number of anilines is 1. The van der Waals surface area contributed by atoms with Gasteiger partial charge in [0.15, 0.2) is 0 Å². The van der Waals surface area contributed by atoms with Crippen molar-refractivity contribution < 1.29 is 5.11 Å². The summed E-state index contributed by atoms with van der Waals surface area (Å²) in [6.45, 7) is 5.79. The van der Waals surface area contributed by atoms with E-state index in [2.05, 4.69) is 36.8 Å². The van der Waals surface area contributed by atoms with Crippen LogP contribution in [0.1, 0.15) is 19.3 Å². The molecule has 0 aromatic carbocycles. The van der Waals surface area contributed by atoms with E-state index in [1.807, 2.05) is 12.3 Å². The highest BCUT2D eigenvalue weighted by molar-refractivity contribution is 9.10. The lowest BCUT2D eigenvalue weighted by molar-refractivity contribution is 0.242. The van der Waals surface area contributed by atoms with E-state index in [1.54, 1.807) is 0 Å². The van der Waals surface area contributed by atoms with E-state index in [-0.39, 0.29) is 0 Å². The molecule has 1 aromatic heterocycles. The maximum Gasteiger partial charge on any atom is 0.128 e. The van der Waals surface area contributed by atoms with E-state index in [4.69, 9.17) is 5.11 Å². The first kappa shape index (κ1) is 14.8. The molecule has 106 valence electrons. The Hall–Kier alpha value is -0.650. The van der Waals surface area contributed by atoms with Crippen molar-refractivity contribution in [2.24, 2.45) is 0 Å². The minimum atomic E-state index is 0.322. The molecule has 0 saturated carbocycles. The second-order valence-corrected chi connectivity index (χ2v) is 5.86. The third-order valence-corrected chi connectivity index (χ3v) is 4.01. The average Bonchev–Trinajstić information content (AvgIpc) is 2.45. The van der Waals surface area contributed by atoms with Gasteiger partial charge in [-0.2, -0.15) is 0 Å². The third-order valence-electron chi connectivity index (χ3n) is 3.54. The number of piperazine rings is 1. The number of nitrogens with zero attached hydrogens (tertiary/aromatic N) is 3. The summed E-state index contributed by atoms with van der Waals surface area (Å²) in [5, 5.41) is 8.75. The zero-order valence-electron chi connectivity index (χ0n) is 11.3. The van der Waals surface area contributed by atoms with Crippen molar-refractivity contribution in [2.45, 2.75) is 19.3 Å².